The zero-order chi connectivity index (χ0) is 16.2. The lowest BCUT2D eigenvalue weighted by atomic mass is 10.1. The summed E-state index contributed by atoms with van der Waals surface area (Å²) < 4.78 is 5.16. The molecule has 0 bridgehead atoms. The van der Waals surface area contributed by atoms with Gasteiger partial charge in [-0.15, -0.1) is 0 Å². The number of fused-ring (bicyclic) bond motifs is 1. The average Bonchev–Trinajstić information content (AvgIpc) is 2.98. The van der Waals surface area contributed by atoms with Gasteiger partial charge in [0.15, 0.2) is 0 Å². The van der Waals surface area contributed by atoms with Crippen molar-refractivity contribution >= 4 is 16.8 Å². The molecule has 2 aromatic carbocycles. The molecule has 0 spiro atoms. The average molecular weight is 307 g/mol. The van der Waals surface area contributed by atoms with Crippen LogP contribution in [0.15, 0.2) is 48.7 Å². The molecule has 0 fully saturated rings. The van der Waals surface area contributed by atoms with Crippen molar-refractivity contribution in [1.82, 2.24) is 10.3 Å². The van der Waals surface area contributed by atoms with Crippen LogP contribution in [0.2, 0.25) is 0 Å². The standard InChI is InChI=1S/C19H19N2O2/c1-13-7-8-15(23-2)11-17(13)19(22)20-10-9-14-12-21-18-6-4-3-5-16(14)18/h3-8,11-12,21H,1,9-10H2,2H3,(H,20,22). The summed E-state index contributed by atoms with van der Waals surface area (Å²) in [6.07, 6.45) is 2.77. The van der Waals surface area contributed by atoms with Gasteiger partial charge in [-0.3, -0.25) is 4.79 Å². The van der Waals surface area contributed by atoms with Crippen molar-refractivity contribution in [2.24, 2.45) is 0 Å². The number of benzene rings is 2. The highest BCUT2D eigenvalue weighted by Crippen LogP contribution is 2.19. The number of methoxy groups -OCH3 is 1. The number of nitrogens with one attached hydrogen (secondary N) is 2. The van der Waals surface area contributed by atoms with Crippen LogP contribution in [0.1, 0.15) is 21.5 Å². The molecule has 1 amide bonds. The predicted octanol–water partition coefficient (Wildman–Crippen LogP) is 3.33. The molecule has 1 heterocycles. The Kier molecular flexibility index (Phi) is 4.33. The molecule has 3 aromatic rings. The van der Waals surface area contributed by atoms with Crippen LogP contribution in [0, 0.1) is 6.92 Å². The summed E-state index contributed by atoms with van der Waals surface area (Å²) in [6, 6.07) is 13.4. The number of ether oxygens (including phenoxy) is 1. The molecular formula is C19H19N2O2. The second kappa shape index (κ2) is 6.57. The summed E-state index contributed by atoms with van der Waals surface area (Å²) in [4.78, 5) is 15.6. The maximum absolute atomic E-state index is 12.3. The predicted molar refractivity (Wildman–Crippen MR) is 91.8 cm³/mol. The zero-order valence-electron chi connectivity index (χ0n) is 13.1. The number of para-hydroxylation sites is 1. The second-order valence-corrected chi connectivity index (χ2v) is 5.39. The van der Waals surface area contributed by atoms with Crippen molar-refractivity contribution in [3.8, 4) is 5.75 Å². The van der Waals surface area contributed by atoms with Gasteiger partial charge in [-0.1, -0.05) is 24.3 Å². The number of carbonyl (C=O) groups excluding carboxylic acids is 1. The summed E-state index contributed by atoms with van der Waals surface area (Å²) in [5.74, 6) is 0.521. The molecule has 0 saturated heterocycles. The number of aromatic amines is 1. The van der Waals surface area contributed by atoms with Gasteiger partial charge in [0.2, 0.25) is 0 Å². The summed E-state index contributed by atoms with van der Waals surface area (Å²) >= 11 is 0. The van der Waals surface area contributed by atoms with Gasteiger partial charge >= 0.3 is 0 Å². The van der Waals surface area contributed by atoms with Crippen LogP contribution in [-0.4, -0.2) is 24.5 Å². The molecule has 0 aliphatic carbocycles. The Morgan fingerprint density at radius 1 is 1.26 bits per heavy atom. The van der Waals surface area contributed by atoms with Crippen molar-refractivity contribution in [2.75, 3.05) is 13.7 Å². The maximum atomic E-state index is 12.3. The summed E-state index contributed by atoms with van der Waals surface area (Å²) in [5, 5.41) is 4.14. The monoisotopic (exact) mass is 307 g/mol. The third-order valence-electron chi connectivity index (χ3n) is 3.92. The highest BCUT2D eigenvalue weighted by atomic mass is 16.5. The number of hydrogen-bond donors (Lipinski definition) is 2. The van der Waals surface area contributed by atoms with Gasteiger partial charge in [0.25, 0.3) is 5.91 Å². The lowest BCUT2D eigenvalue weighted by molar-refractivity contribution is 0.0953. The molecule has 4 heteroatoms. The third-order valence-corrected chi connectivity index (χ3v) is 3.92. The molecule has 0 unspecified atom stereocenters. The largest absolute Gasteiger partial charge is 0.497 e. The fraction of sp³-hybridized carbons (Fsp3) is 0.158. The number of rotatable bonds is 5. The van der Waals surface area contributed by atoms with Gasteiger partial charge in [0, 0.05) is 29.2 Å². The van der Waals surface area contributed by atoms with E-state index >= 15 is 0 Å². The molecule has 2 N–H and O–H groups in total. The number of amides is 1. The van der Waals surface area contributed by atoms with Crippen LogP contribution in [0.4, 0.5) is 0 Å². The van der Waals surface area contributed by atoms with Crippen molar-refractivity contribution in [3.05, 3.63) is 72.3 Å². The molecule has 1 aromatic heterocycles. The number of H-pyrrole nitrogens is 1. The van der Waals surface area contributed by atoms with Crippen LogP contribution in [0.5, 0.6) is 5.75 Å². The van der Waals surface area contributed by atoms with Crippen molar-refractivity contribution in [1.29, 1.82) is 0 Å². The minimum atomic E-state index is -0.131. The van der Waals surface area contributed by atoms with Crippen LogP contribution in [0.3, 0.4) is 0 Å². The molecule has 0 aliphatic rings. The van der Waals surface area contributed by atoms with Gasteiger partial charge in [-0.25, -0.2) is 0 Å². The molecule has 4 nitrogen and oxygen atoms in total. The Morgan fingerprint density at radius 3 is 2.91 bits per heavy atom. The molecule has 1 radical (unpaired) electrons. The fourth-order valence-corrected chi connectivity index (χ4v) is 2.64. The molecule has 0 atom stereocenters. The SMILES string of the molecule is [CH2]c1ccc(OC)cc1C(=O)NCCc1c[nH]c2ccccc12. The topological polar surface area (TPSA) is 54.1 Å². The van der Waals surface area contributed by atoms with Gasteiger partial charge < -0.3 is 15.0 Å². The van der Waals surface area contributed by atoms with Gasteiger partial charge in [0.1, 0.15) is 5.75 Å². The molecule has 3 rings (SSSR count). The second-order valence-electron chi connectivity index (χ2n) is 5.39. The van der Waals surface area contributed by atoms with E-state index in [1.807, 2.05) is 24.4 Å². The molecule has 117 valence electrons. The summed E-state index contributed by atoms with van der Waals surface area (Å²) in [7, 11) is 1.58. The number of hydrogen-bond acceptors (Lipinski definition) is 2. The normalized spacial score (nSPS) is 10.7. The Balaban J connectivity index is 1.65. The highest BCUT2D eigenvalue weighted by Gasteiger charge is 2.10. The van der Waals surface area contributed by atoms with Gasteiger partial charge in [0.05, 0.1) is 7.11 Å². The quantitative estimate of drug-likeness (QED) is 0.759. The highest BCUT2D eigenvalue weighted by molar-refractivity contribution is 5.96. The van der Waals surface area contributed by atoms with E-state index < -0.39 is 0 Å². The Morgan fingerprint density at radius 2 is 2.09 bits per heavy atom. The maximum Gasteiger partial charge on any atom is 0.251 e. The Hall–Kier alpha value is -2.75. The zero-order valence-corrected chi connectivity index (χ0v) is 13.1. The van der Waals surface area contributed by atoms with Crippen LogP contribution in [0.25, 0.3) is 10.9 Å². The lowest BCUT2D eigenvalue weighted by Gasteiger charge is -2.09. The van der Waals surface area contributed by atoms with E-state index in [4.69, 9.17) is 4.74 Å². The first kappa shape index (κ1) is 15.2. The lowest BCUT2D eigenvalue weighted by Crippen LogP contribution is -2.26. The van der Waals surface area contributed by atoms with E-state index in [1.54, 1.807) is 25.3 Å². The van der Waals surface area contributed by atoms with E-state index in [2.05, 4.69) is 23.3 Å². The third kappa shape index (κ3) is 3.21. The minimum absolute atomic E-state index is 0.131. The first-order chi connectivity index (χ1) is 11.2. The first-order valence-electron chi connectivity index (χ1n) is 7.52. The van der Waals surface area contributed by atoms with Crippen LogP contribution >= 0.6 is 0 Å². The first-order valence-corrected chi connectivity index (χ1v) is 7.52. The molecular weight excluding hydrogens is 288 g/mol. The summed E-state index contributed by atoms with van der Waals surface area (Å²) in [5.41, 5.74) is 3.54. The molecule has 0 aliphatic heterocycles. The Labute approximate surface area is 135 Å². The Bertz CT molecular complexity index is 836. The van der Waals surface area contributed by atoms with E-state index in [-0.39, 0.29) is 5.91 Å². The summed E-state index contributed by atoms with van der Waals surface area (Å²) in [6.45, 7) is 4.46. The van der Waals surface area contributed by atoms with Crippen molar-refractivity contribution in [3.63, 3.8) is 0 Å². The van der Waals surface area contributed by atoms with E-state index in [1.165, 1.54) is 10.9 Å². The van der Waals surface area contributed by atoms with E-state index in [0.29, 0.717) is 23.4 Å². The fourth-order valence-electron chi connectivity index (χ4n) is 2.64. The minimum Gasteiger partial charge on any atom is -0.497 e. The van der Waals surface area contributed by atoms with Crippen LogP contribution < -0.4 is 10.1 Å². The molecule has 0 saturated carbocycles. The molecule has 23 heavy (non-hydrogen) atoms. The number of aromatic nitrogens is 1. The van der Waals surface area contributed by atoms with Gasteiger partial charge in [-0.2, -0.15) is 0 Å². The smallest absolute Gasteiger partial charge is 0.251 e. The number of carbonyl (C=O) groups is 1. The van der Waals surface area contributed by atoms with Crippen molar-refractivity contribution in [2.45, 2.75) is 6.42 Å². The van der Waals surface area contributed by atoms with E-state index in [9.17, 15) is 4.79 Å². The van der Waals surface area contributed by atoms with Gasteiger partial charge in [-0.05, 0) is 42.7 Å². The van der Waals surface area contributed by atoms with Crippen molar-refractivity contribution < 1.29 is 9.53 Å². The van der Waals surface area contributed by atoms with E-state index in [0.717, 1.165) is 11.9 Å². The van der Waals surface area contributed by atoms with Crippen LogP contribution in [-0.2, 0) is 6.42 Å².